The topological polar surface area (TPSA) is 72.8 Å². The van der Waals surface area contributed by atoms with Gasteiger partial charge in [0.15, 0.2) is 5.78 Å². The summed E-state index contributed by atoms with van der Waals surface area (Å²) in [5.74, 6) is -3.10. The predicted octanol–water partition coefficient (Wildman–Crippen LogP) is 1.22. The van der Waals surface area contributed by atoms with Gasteiger partial charge in [0, 0.05) is 12.6 Å². The number of Topliss-reactive ketones (excluding diaryl/α,β-unsaturated/α-hetero) is 2. The van der Waals surface area contributed by atoms with Crippen LogP contribution < -0.4 is 0 Å². The fraction of sp³-hybridized carbons (Fsp3) is 0.571. The number of rotatable bonds is 4. The summed E-state index contributed by atoms with van der Waals surface area (Å²) < 4.78 is 4.67. The van der Waals surface area contributed by atoms with Crippen LogP contribution in [0.5, 0.6) is 0 Å². The van der Waals surface area contributed by atoms with E-state index >= 15 is 0 Å². The van der Waals surface area contributed by atoms with Crippen LogP contribution in [0.25, 0.3) is 0 Å². The quantitative estimate of drug-likeness (QED) is 0.331. The maximum absolute atomic E-state index is 12.3. The molecule has 104 valence electrons. The van der Waals surface area contributed by atoms with E-state index in [9.17, 15) is 14.4 Å². The van der Waals surface area contributed by atoms with E-state index in [2.05, 4.69) is 16.3 Å². The van der Waals surface area contributed by atoms with Gasteiger partial charge in [0.2, 0.25) is 0 Å². The Kier molecular flexibility index (Phi) is 4.75. The molecule has 1 aliphatic carbocycles. The second-order valence-electron chi connectivity index (χ2n) is 5.27. The second-order valence-corrected chi connectivity index (χ2v) is 5.27. The summed E-state index contributed by atoms with van der Waals surface area (Å²) in [7, 11) is 1.24. The lowest BCUT2D eigenvalue weighted by Gasteiger charge is -2.36. The Bertz CT molecular complexity index is 437. The molecule has 0 radical (unpaired) electrons. The third-order valence-corrected chi connectivity index (χ3v) is 3.28. The second kappa shape index (κ2) is 5.91. The van der Waals surface area contributed by atoms with Crippen molar-refractivity contribution in [1.82, 2.24) is 0 Å². The number of hydrogen-bond acceptors (Lipinski definition) is 5. The summed E-state index contributed by atoms with van der Waals surface area (Å²) in [5.41, 5.74) is -0.718. The zero-order valence-electron chi connectivity index (χ0n) is 11.5. The number of esters is 1. The molecule has 5 nitrogen and oxygen atoms in total. The molecule has 1 fully saturated rings. The Hall–Kier alpha value is -1.78. The lowest BCUT2D eigenvalue weighted by molar-refractivity contribution is -0.159. The molecule has 0 aromatic heterocycles. The van der Waals surface area contributed by atoms with E-state index in [1.54, 1.807) is 19.9 Å². The lowest BCUT2D eigenvalue weighted by atomic mass is 9.64. The van der Waals surface area contributed by atoms with Crippen LogP contribution in [0.1, 0.15) is 20.3 Å². The summed E-state index contributed by atoms with van der Waals surface area (Å²) in [5, 5.41) is 0. The van der Waals surface area contributed by atoms with E-state index in [0.717, 1.165) is 0 Å². The van der Waals surface area contributed by atoms with Crippen LogP contribution in [-0.4, -0.2) is 37.4 Å². The van der Waals surface area contributed by atoms with Crippen LogP contribution in [-0.2, 0) is 19.1 Å². The first-order chi connectivity index (χ1) is 8.85. The number of aliphatic imine (C=N–C) groups is 1. The summed E-state index contributed by atoms with van der Waals surface area (Å²) in [4.78, 5) is 40.0. The maximum Gasteiger partial charge on any atom is 0.316 e. The van der Waals surface area contributed by atoms with Gasteiger partial charge in [0.25, 0.3) is 0 Å². The molecular weight excluding hydrogens is 246 g/mol. The maximum atomic E-state index is 12.3. The molecule has 1 rings (SSSR count). The SMILES string of the molecule is C=CCN=C[C@H]1C(=O)CC(C)(C)[C@@H](C(=O)OC)C1=O. The number of ether oxygens (including phenoxy) is 1. The van der Waals surface area contributed by atoms with Crippen molar-refractivity contribution >= 4 is 23.8 Å². The molecule has 5 heteroatoms. The summed E-state index contributed by atoms with van der Waals surface area (Å²) in [6.45, 7) is 7.29. The monoisotopic (exact) mass is 265 g/mol. The Morgan fingerprint density at radius 1 is 1.53 bits per heavy atom. The number of carbonyl (C=O) groups is 3. The van der Waals surface area contributed by atoms with Gasteiger partial charge in [0.05, 0.1) is 13.7 Å². The van der Waals surface area contributed by atoms with Crippen LogP contribution in [0, 0.1) is 17.3 Å². The Labute approximate surface area is 112 Å². The fourth-order valence-electron chi connectivity index (χ4n) is 2.33. The first-order valence-corrected chi connectivity index (χ1v) is 6.10. The minimum atomic E-state index is -0.947. The van der Waals surface area contributed by atoms with Gasteiger partial charge in [-0.1, -0.05) is 19.9 Å². The normalized spacial score (nSPS) is 26.5. The summed E-state index contributed by atoms with van der Waals surface area (Å²) in [6, 6.07) is 0. The Morgan fingerprint density at radius 2 is 2.16 bits per heavy atom. The zero-order chi connectivity index (χ0) is 14.6. The van der Waals surface area contributed by atoms with Crippen molar-refractivity contribution in [2.24, 2.45) is 22.2 Å². The Morgan fingerprint density at radius 3 is 2.68 bits per heavy atom. The minimum Gasteiger partial charge on any atom is -0.468 e. The van der Waals surface area contributed by atoms with Gasteiger partial charge in [-0.25, -0.2) is 0 Å². The van der Waals surface area contributed by atoms with Crippen LogP contribution in [0.3, 0.4) is 0 Å². The third kappa shape index (κ3) is 3.16. The molecule has 0 unspecified atom stereocenters. The van der Waals surface area contributed by atoms with Crippen molar-refractivity contribution in [2.45, 2.75) is 20.3 Å². The summed E-state index contributed by atoms with van der Waals surface area (Å²) >= 11 is 0. The van der Waals surface area contributed by atoms with Crippen LogP contribution in [0.15, 0.2) is 17.6 Å². The Balaban J connectivity index is 3.04. The third-order valence-electron chi connectivity index (χ3n) is 3.28. The molecule has 0 heterocycles. The van der Waals surface area contributed by atoms with Gasteiger partial charge < -0.3 is 4.74 Å². The zero-order valence-corrected chi connectivity index (χ0v) is 11.5. The van der Waals surface area contributed by atoms with E-state index in [1.165, 1.54) is 13.3 Å². The highest BCUT2D eigenvalue weighted by atomic mass is 16.5. The molecule has 0 N–H and O–H groups in total. The number of methoxy groups -OCH3 is 1. The minimum absolute atomic E-state index is 0.156. The van der Waals surface area contributed by atoms with Crippen molar-refractivity contribution < 1.29 is 19.1 Å². The number of ketones is 2. The van der Waals surface area contributed by atoms with Crippen molar-refractivity contribution in [3.63, 3.8) is 0 Å². The molecule has 0 aromatic carbocycles. The average Bonchev–Trinajstić information content (AvgIpc) is 2.31. The average molecular weight is 265 g/mol. The first kappa shape index (κ1) is 15.3. The van der Waals surface area contributed by atoms with Crippen LogP contribution >= 0.6 is 0 Å². The van der Waals surface area contributed by atoms with E-state index in [0.29, 0.717) is 6.54 Å². The van der Waals surface area contributed by atoms with Gasteiger partial charge in [-0.3, -0.25) is 19.4 Å². The van der Waals surface area contributed by atoms with Crippen molar-refractivity contribution in [2.75, 3.05) is 13.7 Å². The molecule has 0 bridgehead atoms. The molecule has 0 saturated heterocycles. The van der Waals surface area contributed by atoms with Crippen molar-refractivity contribution in [3.8, 4) is 0 Å². The smallest absolute Gasteiger partial charge is 0.316 e. The molecular formula is C14H19NO4. The van der Waals surface area contributed by atoms with E-state index in [4.69, 9.17) is 0 Å². The molecule has 1 aliphatic rings. The predicted molar refractivity (Wildman–Crippen MR) is 71.0 cm³/mol. The highest BCUT2D eigenvalue weighted by Gasteiger charge is 2.51. The van der Waals surface area contributed by atoms with E-state index in [1.807, 2.05) is 0 Å². The number of nitrogens with zero attached hydrogens (tertiary/aromatic N) is 1. The molecule has 1 saturated carbocycles. The molecule has 0 aliphatic heterocycles. The van der Waals surface area contributed by atoms with Crippen LogP contribution in [0.2, 0.25) is 0 Å². The highest BCUT2D eigenvalue weighted by molar-refractivity contribution is 6.21. The van der Waals surface area contributed by atoms with Crippen LogP contribution in [0.4, 0.5) is 0 Å². The first-order valence-electron chi connectivity index (χ1n) is 6.10. The van der Waals surface area contributed by atoms with E-state index in [-0.39, 0.29) is 12.2 Å². The standard InChI is InChI=1S/C14H19NO4/c1-5-6-15-8-9-10(16)7-14(2,3)11(12(9)17)13(18)19-4/h5,8-9,11H,1,6-7H2,2-4H3/t9-,11+/m0/s1. The van der Waals surface area contributed by atoms with Crippen molar-refractivity contribution in [1.29, 1.82) is 0 Å². The molecule has 0 aromatic rings. The largest absolute Gasteiger partial charge is 0.468 e. The van der Waals surface area contributed by atoms with Gasteiger partial charge in [-0.2, -0.15) is 0 Å². The van der Waals surface area contributed by atoms with Gasteiger partial charge in [-0.15, -0.1) is 6.58 Å². The fourth-order valence-corrected chi connectivity index (χ4v) is 2.33. The van der Waals surface area contributed by atoms with Gasteiger partial charge in [-0.05, 0) is 5.41 Å². The lowest BCUT2D eigenvalue weighted by Crippen LogP contribution is -2.50. The molecule has 0 amide bonds. The van der Waals surface area contributed by atoms with Gasteiger partial charge >= 0.3 is 5.97 Å². The van der Waals surface area contributed by atoms with Gasteiger partial charge in [0.1, 0.15) is 17.6 Å². The molecule has 2 atom stereocenters. The number of carbonyl (C=O) groups excluding carboxylic acids is 3. The highest BCUT2D eigenvalue weighted by Crippen LogP contribution is 2.39. The number of hydrogen-bond donors (Lipinski definition) is 0. The van der Waals surface area contributed by atoms with E-state index < -0.39 is 29.0 Å². The molecule has 19 heavy (non-hydrogen) atoms. The van der Waals surface area contributed by atoms with Crippen molar-refractivity contribution in [3.05, 3.63) is 12.7 Å². The summed E-state index contributed by atoms with van der Waals surface area (Å²) in [6.07, 6.45) is 3.04. The molecule has 0 spiro atoms.